The monoisotopic (exact) mass is 406 g/mol. The van der Waals surface area contributed by atoms with Gasteiger partial charge in [0, 0.05) is 5.66 Å². The Labute approximate surface area is 174 Å². The molecule has 5 heteroatoms. The van der Waals surface area contributed by atoms with Gasteiger partial charge in [-0.25, -0.2) is 4.79 Å². The van der Waals surface area contributed by atoms with E-state index < -0.39 is 19.9 Å². The zero-order valence-electron chi connectivity index (χ0n) is 16.8. The third-order valence-corrected chi connectivity index (χ3v) is 7.22. The van der Waals surface area contributed by atoms with E-state index in [9.17, 15) is 9.59 Å². The molecule has 0 aliphatic heterocycles. The Morgan fingerprint density at radius 3 is 1.93 bits per heavy atom. The van der Waals surface area contributed by atoms with Crippen LogP contribution in [-0.4, -0.2) is 25.0 Å². The summed E-state index contributed by atoms with van der Waals surface area (Å²) in [6.07, 6.45) is 5.72. The van der Waals surface area contributed by atoms with Gasteiger partial charge >= 0.3 is 5.97 Å². The molecule has 3 rings (SSSR count). The SMILES string of the molecule is COC(=O)[C@@H](NC(=O)[C]1[CH][CH][CH][C]1P(c1ccccc1)c1ccccc1)C(C)C. The highest BCUT2D eigenvalue weighted by Crippen LogP contribution is 2.55. The quantitative estimate of drug-likeness (QED) is 0.568. The molecule has 1 aliphatic rings. The Kier molecular flexibility index (Phi) is 7.44. The fourth-order valence-electron chi connectivity index (χ4n) is 3.22. The molecule has 0 bridgehead atoms. The van der Waals surface area contributed by atoms with Gasteiger partial charge in [0.2, 0.25) is 5.91 Å². The van der Waals surface area contributed by atoms with Gasteiger partial charge in [0.1, 0.15) is 6.04 Å². The van der Waals surface area contributed by atoms with Crippen molar-refractivity contribution in [1.82, 2.24) is 5.32 Å². The lowest BCUT2D eigenvalue weighted by Crippen LogP contribution is -2.47. The summed E-state index contributed by atoms with van der Waals surface area (Å²) in [4.78, 5) is 25.2. The van der Waals surface area contributed by atoms with Crippen molar-refractivity contribution in [3.05, 3.63) is 91.5 Å². The summed E-state index contributed by atoms with van der Waals surface area (Å²) in [6, 6.07) is 19.7. The van der Waals surface area contributed by atoms with Crippen LogP contribution >= 0.6 is 7.92 Å². The molecule has 1 saturated carbocycles. The smallest absolute Gasteiger partial charge is 0.328 e. The number of hydrogen-bond donors (Lipinski definition) is 1. The van der Waals surface area contributed by atoms with Crippen LogP contribution in [-0.2, 0) is 14.3 Å². The number of carbonyl (C=O) groups excluding carboxylic acids is 2. The van der Waals surface area contributed by atoms with Crippen molar-refractivity contribution < 1.29 is 14.3 Å². The molecule has 1 atom stereocenters. The first-order chi connectivity index (χ1) is 14.0. The molecule has 2 aromatic rings. The largest absolute Gasteiger partial charge is 0.467 e. The predicted octanol–water partition coefficient (Wildman–Crippen LogP) is 3.17. The summed E-state index contributed by atoms with van der Waals surface area (Å²) < 4.78 is 4.86. The molecule has 149 valence electrons. The van der Waals surface area contributed by atoms with Crippen LogP contribution in [0.5, 0.6) is 0 Å². The first kappa shape index (κ1) is 21.5. The molecular weight excluding hydrogens is 381 g/mol. The zero-order valence-corrected chi connectivity index (χ0v) is 17.7. The van der Waals surface area contributed by atoms with Gasteiger partial charge in [-0.1, -0.05) is 74.5 Å². The minimum atomic E-state index is -0.898. The number of nitrogens with one attached hydrogen (secondary N) is 1. The average Bonchev–Trinajstić information content (AvgIpc) is 3.22. The molecule has 4 nitrogen and oxygen atoms in total. The Bertz CT molecular complexity index is 770. The second kappa shape index (κ2) is 10.0. The second-order valence-corrected chi connectivity index (χ2v) is 9.23. The van der Waals surface area contributed by atoms with E-state index in [1.54, 1.807) is 0 Å². The molecule has 1 N–H and O–H groups in total. The number of carbonyl (C=O) groups is 2. The van der Waals surface area contributed by atoms with Crippen LogP contribution in [0.4, 0.5) is 0 Å². The van der Waals surface area contributed by atoms with Gasteiger partial charge < -0.3 is 10.1 Å². The van der Waals surface area contributed by atoms with E-state index in [0.29, 0.717) is 5.92 Å². The van der Waals surface area contributed by atoms with Crippen molar-refractivity contribution in [2.45, 2.75) is 19.9 Å². The van der Waals surface area contributed by atoms with E-state index in [1.807, 2.05) is 69.5 Å². The molecule has 0 saturated heterocycles. The third kappa shape index (κ3) is 5.05. The van der Waals surface area contributed by atoms with Crippen LogP contribution in [0, 0.1) is 36.8 Å². The normalized spacial score (nSPS) is 16.2. The van der Waals surface area contributed by atoms with E-state index in [4.69, 9.17) is 4.74 Å². The maximum absolute atomic E-state index is 13.1. The molecule has 1 fully saturated rings. The number of hydrogen-bond acceptors (Lipinski definition) is 3. The maximum atomic E-state index is 13.1. The molecule has 0 unspecified atom stereocenters. The van der Waals surface area contributed by atoms with Crippen LogP contribution in [0.2, 0.25) is 0 Å². The minimum absolute atomic E-state index is 0.0745. The van der Waals surface area contributed by atoms with Crippen molar-refractivity contribution in [1.29, 1.82) is 0 Å². The predicted molar refractivity (Wildman–Crippen MR) is 117 cm³/mol. The van der Waals surface area contributed by atoms with Gasteiger partial charge in [-0.3, -0.25) is 4.79 Å². The van der Waals surface area contributed by atoms with Crippen LogP contribution in [0.3, 0.4) is 0 Å². The second-order valence-electron chi connectivity index (χ2n) is 7.05. The van der Waals surface area contributed by atoms with Crippen LogP contribution in [0.15, 0.2) is 60.7 Å². The van der Waals surface area contributed by atoms with Crippen molar-refractivity contribution in [2.75, 3.05) is 7.11 Å². The lowest BCUT2D eigenvalue weighted by atomic mass is 10.0. The summed E-state index contributed by atoms with van der Waals surface area (Å²) in [5.74, 6) is -0.170. The van der Waals surface area contributed by atoms with Crippen molar-refractivity contribution in [3.8, 4) is 0 Å². The van der Waals surface area contributed by atoms with E-state index in [0.717, 1.165) is 5.66 Å². The number of benzene rings is 2. The van der Waals surface area contributed by atoms with Gasteiger partial charge in [-0.2, -0.15) is 0 Å². The van der Waals surface area contributed by atoms with E-state index in [2.05, 4.69) is 29.6 Å². The van der Waals surface area contributed by atoms with Gasteiger partial charge in [0.25, 0.3) is 0 Å². The lowest BCUT2D eigenvalue weighted by molar-refractivity contribution is -0.146. The number of ether oxygens (including phenoxy) is 1. The third-order valence-electron chi connectivity index (χ3n) is 4.72. The van der Waals surface area contributed by atoms with Gasteiger partial charge in [0.05, 0.1) is 13.0 Å². The number of esters is 1. The first-order valence-electron chi connectivity index (χ1n) is 9.57. The molecule has 2 aromatic carbocycles. The fourth-order valence-corrected chi connectivity index (χ4v) is 5.67. The van der Waals surface area contributed by atoms with Gasteiger partial charge in [-0.05, 0) is 43.7 Å². The summed E-state index contributed by atoms with van der Waals surface area (Å²) in [5, 5.41) is 5.20. The lowest BCUT2D eigenvalue weighted by Gasteiger charge is -2.29. The van der Waals surface area contributed by atoms with Crippen LogP contribution < -0.4 is 15.9 Å². The van der Waals surface area contributed by atoms with Gasteiger partial charge in [0.15, 0.2) is 0 Å². The standard InChI is InChI=1S/C24H25NO3P/c1-17(2)22(24(27)28-3)25-23(26)20-15-10-16-21(20)29(18-11-6-4-7-12-18)19-13-8-5-9-14-19/h4-17,22H,1-3H3,(H,25,26)/t22-/m0/s1. The molecule has 1 amide bonds. The summed E-state index contributed by atoms with van der Waals surface area (Å²) in [7, 11) is 0.437. The molecule has 0 heterocycles. The summed E-state index contributed by atoms with van der Waals surface area (Å²) >= 11 is 0. The first-order valence-corrected chi connectivity index (χ1v) is 10.9. The number of rotatable bonds is 7. The Balaban J connectivity index is 1.88. The topological polar surface area (TPSA) is 55.4 Å². The average molecular weight is 406 g/mol. The Morgan fingerprint density at radius 1 is 0.897 bits per heavy atom. The van der Waals surface area contributed by atoms with Crippen molar-refractivity contribution in [2.24, 2.45) is 5.92 Å². The molecule has 29 heavy (non-hydrogen) atoms. The maximum Gasteiger partial charge on any atom is 0.328 e. The Morgan fingerprint density at radius 2 is 1.45 bits per heavy atom. The zero-order chi connectivity index (χ0) is 20.8. The molecule has 0 spiro atoms. The van der Waals surface area contributed by atoms with E-state index in [1.165, 1.54) is 17.7 Å². The van der Waals surface area contributed by atoms with E-state index >= 15 is 0 Å². The highest BCUT2D eigenvalue weighted by Gasteiger charge is 2.42. The highest BCUT2D eigenvalue weighted by molar-refractivity contribution is 7.76. The minimum Gasteiger partial charge on any atom is -0.467 e. The fraction of sp³-hybridized carbons (Fsp3) is 0.208. The van der Waals surface area contributed by atoms with Crippen molar-refractivity contribution >= 4 is 30.4 Å². The van der Waals surface area contributed by atoms with Crippen LogP contribution in [0.1, 0.15) is 13.8 Å². The summed E-state index contributed by atoms with van der Waals surface area (Å²) in [6.45, 7) is 3.77. The molecule has 5 radical (unpaired) electrons. The highest BCUT2D eigenvalue weighted by atomic mass is 31.1. The van der Waals surface area contributed by atoms with E-state index in [-0.39, 0.29) is 11.8 Å². The van der Waals surface area contributed by atoms with Crippen LogP contribution in [0.25, 0.3) is 0 Å². The molecule has 0 aromatic heterocycles. The molecule has 1 aliphatic carbocycles. The Hall–Kier alpha value is -2.19. The van der Waals surface area contributed by atoms with Crippen molar-refractivity contribution in [3.63, 3.8) is 0 Å². The summed E-state index contributed by atoms with van der Waals surface area (Å²) in [5.41, 5.74) is 0.974. The number of amides is 1. The number of methoxy groups -OCH3 is 1. The van der Waals surface area contributed by atoms with Gasteiger partial charge in [-0.15, -0.1) is 0 Å². The molecular formula is C24H25NO3P.